The molecule has 112 valence electrons. The zero-order valence-electron chi connectivity index (χ0n) is 11.6. The maximum Gasteiger partial charge on any atom is 0.308 e. The summed E-state index contributed by atoms with van der Waals surface area (Å²) >= 11 is 0. The van der Waals surface area contributed by atoms with Gasteiger partial charge in [-0.3, -0.25) is 19.7 Å². The second-order valence-corrected chi connectivity index (χ2v) is 5.39. The Balaban J connectivity index is 2.20. The van der Waals surface area contributed by atoms with E-state index < -0.39 is 16.8 Å². The van der Waals surface area contributed by atoms with Gasteiger partial charge in [-0.15, -0.1) is 0 Å². The van der Waals surface area contributed by atoms with E-state index in [2.05, 4.69) is 0 Å². The van der Waals surface area contributed by atoms with E-state index >= 15 is 0 Å². The van der Waals surface area contributed by atoms with E-state index in [1.165, 1.54) is 29.2 Å². The summed E-state index contributed by atoms with van der Waals surface area (Å²) in [6.45, 7) is 2.50. The maximum absolute atomic E-state index is 12.4. The van der Waals surface area contributed by atoms with Crippen molar-refractivity contribution in [1.29, 1.82) is 0 Å². The second-order valence-electron chi connectivity index (χ2n) is 5.39. The number of nitro groups is 1. The third kappa shape index (κ3) is 3.36. The van der Waals surface area contributed by atoms with Gasteiger partial charge < -0.3 is 10.0 Å². The number of amides is 1. The molecule has 7 heteroatoms. The number of carbonyl (C=O) groups is 2. The lowest BCUT2D eigenvalue weighted by molar-refractivity contribution is -0.384. The fourth-order valence-electron chi connectivity index (χ4n) is 2.63. The van der Waals surface area contributed by atoms with Crippen LogP contribution in [-0.2, 0) is 4.79 Å². The van der Waals surface area contributed by atoms with Gasteiger partial charge in [0.2, 0.25) is 0 Å². The molecule has 2 rings (SSSR count). The third-order valence-corrected chi connectivity index (χ3v) is 3.60. The first-order valence-electron chi connectivity index (χ1n) is 6.65. The molecule has 7 nitrogen and oxygen atoms in total. The monoisotopic (exact) mass is 292 g/mol. The molecule has 1 N–H and O–H groups in total. The van der Waals surface area contributed by atoms with E-state index in [1.807, 2.05) is 6.92 Å². The van der Waals surface area contributed by atoms with Crippen molar-refractivity contribution in [1.82, 2.24) is 4.90 Å². The van der Waals surface area contributed by atoms with Crippen molar-refractivity contribution in [3.05, 3.63) is 39.9 Å². The van der Waals surface area contributed by atoms with E-state index in [4.69, 9.17) is 5.11 Å². The Bertz CT molecular complexity index is 586. The molecule has 0 spiro atoms. The van der Waals surface area contributed by atoms with Gasteiger partial charge in [0, 0.05) is 30.8 Å². The topological polar surface area (TPSA) is 101 Å². The van der Waals surface area contributed by atoms with Crippen molar-refractivity contribution in [2.24, 2.45) is 11.8 Å². The molecule has 1 aromatic carbocycles. The average molecular weight is 292 g/mol. The summed E-state index contributed by atoms with van der Waals surface area (Å²) in [4.78, 5) is 35.2. The number of nitrogens with zero attached hydrogens (tertiary/aromatic N) is 2. The number of hydrogen-bond acceptors (Lipinski definition) is 4. The number of rotatable bonds is 3. The highest BCUT2D eigenvalue weighted by molar-refractivity contribution is 5.95. The molecular weight excluding hydrogens is 276 g/mol. The minimum atomic E-state index is -0.918. The number of piperidine rings is 1. The van der Waals surface area contributed by atoms with Gasteiger partial charge in [-0.05, 0) is 18.4 Å². The summed E-state index contributed by atoms with van der Waals surface area (Å²) in [6, 6.07) is 5.49. The smallest absolute Gasteiger partial charge is 0.308 e. The first-order chi connectivity index (χ1) is 9.88. The molecule has 21 heavy (non-hydrogen) atoms. The molecule has 1 fully saturated rings. The fraction of sp³-hybridized carbons (Fsp3) is 0.429. The molecule has 1 amide bonds. The van der Waals surface area contributed by atoms with E-state index in [0.29, 0.717) is 13.0 Å². The number of non-ortho nitro benzene ring substituents is 1. The highest BCUT2D eigenvalue weighted by Crippen LogP contribution is 2.24. The van der Waals surface area contributed by atoms with Crippen LogP contribution >= 0.6 is 0 Å². The van der Waals surface area contributed by atoms with Crippen LogP contribution in [0.15, 0.2) is 24.3 Å². The zero-order chi connectivity index (χ0) is 15.6. The van der Waals surface area contributed by atoms with Crippen molar-refractivity contribution >= 4 is 17.6 Å². The van der Waals surface area contributed by atoms with Crippen LogP contribution in [0, 0.1) is 22.0 Å². The van der Waals surface area contributed by atoms with Gasteiger partial charge in [0.25, 0.3) is 11.6 Å². The van der Waals surface area contributed by atoms with Crippen LogP contribution in [-0.4, -0.2) is 39.9 Å². The van der Waals surface area contributed by atoms with Crippen molar-refractivity contribution in [2.45, 2.75) is 13.3 Å². The van der Waals surface area contributed by atoms with Gasteiger partial charge in [-0.1, -0.05) is 13.0 Å². The molecule has 1 aromatic rings. The van der Waals surface area contributed by atoms with Crippen LogP contribution in [0.3, 0.4) is 0 Å². The Hall–Kier alpha value is -2.44. The maximum atomic E-state index is 12.4. The molecular formula is C14H16N2O5. The zero-order valence-corrected chi connectivity index (χ0v) is 11.6. The van der Waals surface area contributed by atoms with Crippen molar-refractivity contribution < 1.29 is 19.6 Å². The largest absolute Gasteiger partial charge is 0.481 e. The van der Waals surface area contributed by atoms with Crippen LogP contribution in [0.2, 0.25) is 0 Å². The number of carbonyl (C=O) groups excluding carboxylic acids is 1. The van der Waals surface area contributed by atoms with Crippen LogP contribution in [0.5, 0.6) is 0 Å². The molecule has 1 aliphatic heterocycles. The highest BCUT2D eigenvalue weighted by Gasteiger charge is 2.32. The van der Waals surface area contributed by atoms with Gasteiger partial charge in [0.15, 0.2) is 0 Å². The molecule has 0 aliphatic carbocycles. The summed E-state index contributed by atoms with van der Waals surface area (Å²) < 4.78 is 0. The van der Waals surface area contributed by atoms with Crippen LogP contribution in [0.25, 0.3) is 0 Å². The summed E-state index contributed by atoms with van der Waals surface area (Å²) in [5.41, 5.74) is 0.0585. The van der Waals surface area contributed by atoms with Crippen molar-refractivity contribution in [3.8, 4) is 0 Å². The van der Waals surface area contributed by atoms with E-state index in [9.17, 15) is 19.7 Å². The quantitative estimate of drug-likeness (QED) is 0.676. The summed E-state index contributed by atoms with van der Waals surface area (Å²) in [5, 5.41) is 19.9. The lowest BCUT2D eigenvalue weighted by atomic mass is 9.90. The normalized spacial score (nSPS) is 21.9. The first-order valence-corrected chi connectivity index (χ1v) is 6.65. The minimum Gasteiger partial charge on any atom is -0.481 e. The van der Waals surface area contributed by atoms with Gasteiger partial charge in [0.1, 0.15) is 0 Å². The van der Waals surface area contributed by atoms with Crippen molar-refractivity contribution in [2.75, 3.05) is 13.1 Å². The van der Waals surface area contributed by atoms with Gasteiger partial charge in [0.05, 0.1) is 10.8 Å². The van der Waals surface area contributed by atoms with Crippen molar-refractivity contribution in [3.63, 3.8) is 0 Å². The second kappa shape index (κ2) is 5.90. The molecule has 0 saturated carbocycles. The number of carboxylic acids is 1. The lowest BCUT2D eigenvalue weighted by Crippen LogP contribution is -2.45. The number of hydrogen-bond donors (Lipinski definition) is 1. The number of likely N-dealkylation sites (tertiary alicyclic amines) is 1. The molecule has 1 aliphatic rings. The Kier molecular flexibility index (Phi) is 4.21. The average Bonchev–Trinajstić information content (AvgIpc) is 2.45. The van der Waals surface area contributed by atoms with Gasteiger partial charge in [-0.2, -0.15) is 0 Å². The molecule has 0 bridgehead atoms. The lowest BCUT2D eigenvalue weighted by Gasteiger charge is -2.34. The van der Waals surface area contributed by atoms with Crippen LogP contribution in [0.1, 0.15) is 23.7 Å². The molecule has 0 radical (unpaired) electrons. The predicted octanol–water partition coefficient (Wildman–Crippen LogP) is 1.78. The fourth-order valence-corrected chi connectivity index (χ4v) is 2.63. The van der Waals surface area contributed by atoms with Crippen LogP contribution < -0.4 is 0 Å². The Morgan fingerprint density at radius 1 is 1.38 bits per heavy atom. The minimum absolute atomic E-state index is 0.0856. The summed E-state index contributed by atoms with van der Waals surface area (Å²) in [7, 11) is 0. The molecule has 2 atom stereocenters. The number of benzene rings is 1. The molecule has 2 unspecified atom stereocenters. The summed E-state index contributed by atoms with van der Waals surface area (Å²) in [5.74, 6) is -1.78. The third-order valence-electron chi connectivity index (χ3n) is 3.60. The summed E-state index contributed by atoms with van der Waals surface area (Å²) in [6.07, 6.45) is 0.536. The predicted molar refractivity (Wildman–Crippen MR) is 73.9 cm³/mol. The number of carboxylic acid groups (broad SMARTS) is 1. The number of nitro benzene ring substituents is 1. The number of aliphatic carboxylic acids is 1. The molecule has 1 heterocycles. The molecule has 1 saturated heterocycles. The standard InChI is InChI=1S/C14H16N2O5/c1-9-5-11(14(18)19)8-15(7-9)13(17)10-3-2-4-12(6-10)16(20)21/h2-4,6,9,11H,5,7-8H2,1H3,(H,18,19). The highest BCUT2D eigenvalue weighted by atomic mass is 16.6. The van der Waals surface area contributed by atoms with E-state index in [0.717, 1.165) is 0 Å². The van der Waals surface area contributed by atoms with E-state index in [-0.39, 0.29) is 29.6 Å². The Labute approximate surface area is 121 Å². The van der Waals surface area contributed by atoms with Gasteiger partial charge >= 0.3 is 5.97 Å². The van der Waals surface area contributed by atoms with E-state index in [1.54, 1.807) is 0 Å². The van der Waals surface area contributed by atoms with Crippen LogP contribution in [0.4, 0.5) is 5.69 Å². The van der Waals surface area contributed by atoms with Gasteiger partial charge in [-0.25, -0.2) is 0 Å². The Morgan fingerprint density at radius 3 is 2.71 bits per heavy atom. The first kappa shape index (κ1) is 15.0. The SMILES string of the molecule is CC1CC(C(=O)O)CN(C(=O)c2cccc([N+](=O)[O-])c2)C1. The molecule has 0 aromatic heterocycles. The Morgan fingerprint density at radius 2 is 2.10 bits per heavy atom.